The third kappa shape index (κ3) is 3.31. The Bertz CT molecular complexity index is 865. The van der Waals surface area contributed by atoms with E-state index in [1.807, 2.05) is 54.6 Å². The van der Waals surface area contributed by atoms with Gasteiger partial charge >= 0.3 is 0 Å². The minimum atomic E-state index is -0.332. The van der Waals surface area contributed by atoms with Crippen LogP contribution in [0.15, 0.2) is 72.9 Å². The summed E-state index contributed by atoms with van der Waals surface area (Å²) >= 11 is 0. The van der Waals surface area contributed by atoms with E-state index < -0.39 is 0 Å². The first kappa shape index (κ1) is 17.7. The van der Waals surface area contributed by atoms with Crippen LogP contribution >= 0.6 is 0 Å². The van der Waals surface area contributed by atoms with Crippen molar-refractivity contribution in [1.29, 1.82) is 0 Å². The van der Waals surface area contributed by atoms with E-state index in [4.69, 9.17) is 0 Å². The van der Waals surface area contributed by atoms with E-state index in [-0.39, 0.29) is 18.4 Å². The summed E-state index contributed by atoms with van der Waals surface area (Å²) in [5.74, 6) is -0.204. The number of hydrogen-bond acceptors (Lipinski definition) is 3. The summed E-state index contributed by atoms with van der Waals surface area (Å²) in [7, 11) is 0. The summed E-state index contributed by atoms with van der Waals surface area (Å²) in [5.41, 5.74) is 3.42. The van der Waals surface area contributed by atoms with Gasteiger partial charge in [0.05, 0.1) is 5.57 Å². The van der Waals surface area contributed by atoms with Crippen LogP contribution < -0.4 is 5.32 Å². The number of carbonyl (C=O) groups is 2. The van der Waals surface area contributed by atoms with Crippen molar-refractivity contribution in [3.05, 3.63) is 84.1 Å². The number of imide groups is 1. The lowest BCUT2D eigenvalue weighted by molar-refractivity contribution is -0.136. The Morgan fingerprint density at radius 3 is 2.23 bits per heavy atom. The molecule has 0 radical (unpaired) electrons. The molecule has 1 N–H and O–H groups in total. The predicted molar refractivity (Wildman–Crippen MR) is 104 cm³/mol. The van der Waals surface area contributed by atoms with E-state index >= 15 is 0 Å². The van der Waals surface area contributed by atoms with Crippen molar-refractivity contribution in [1.82, 2.24) is 4.90 Å². The van der Waals surface area contributed by atoms with Crippen LogP contribution in [0.5, 0.6) is 0 Å². The maximum atomic E-state index is 12.8. The van der Waals surface area contributed by atoms with Gasteiger partial charge in [-0.2, -0.15) is 0 Å². The molecule has 0 atom stereocenters. The molecule has 2 aromatic rings. The van der Waals surface area contributed by atoms with E-state index in [0.717, 1.165) is 11.3 Å². The molecule has 1 aliphatic rings. The average molecular weight is 346 g/mol. The Kier molecular flexibility index (Phi) is 5.03. The molecule has 0 spiro atoms. The SMILES string of the molecule is C=CCN1C(=O)C(Nc2ccc(C(C)C)cc2)=C(c2ccccc2)C1=O. The third-order valence-corrected chi connectivity index (χ3v) is 4.39. The molecule has 0 saturated heterocycles. The summed E-state index contributed by atoms with van der Waals surface area (Å²) in [4.78, 5) is 26.8. The number of hydrogen-bond donors (Lipinski definition) is 1. The van der Waals surface area contributed by atoms with E-state index in [2.05, 4.69) is 25.7 Å². The summed E-state index contributed by atoms with van der Waals surface area (Å²) in [6.45, 7) is 8.09. The largest absolute Gasteiger partial charge is 0.350 e. The van der Waals surface area contributed by atoms with Crippen molar-refractivity contribution in [3.63, 3.8) is 0 Å². The Morgan fingerprint density at radius 1 is 1.00 bits per heavy atom. The van der Waals surface area contributed by atoms with Gasteiger partial charge in [-0.3, -0.25) is 14.5 Å². The average Bonchev–Trinajstić information content (AvgIpc) is 2.87. The lowest BCUT2D eigenvalue weighted by Gasteiger charge is -2.13. The Morgan fingerprint density at radius 2 is 1.65 bits per heavy atom. The molecule has 0 unspecified atom stereocenters. The normalized spacial score (nSPS) is 14.3. The molecule has 2 aromatic carbocycles. The van der Waals surface area contributed by atoms with Gasteiger partial charge in [0, 0.05) is 12.2 Å². The molecule has 1 heterocycles. The highest BCUT2D eigenvalue weighted by Crippen LogP contribution is 2.30. The quantitative estimate of drug-likeness (QED) is 0.630. The fourth-order valence-corrected chi connectivity index (χ4v) is 2.96. The number of rotatable bonds is 6. The van der Waals surface area contributed by atoms with Gasteiger partial charge in [-0.05, 0) is 29.2 Å². The molecule has 26 heavy (non-hydrogen) atoms. The zero-order valence-corrected chi connectivity index (χ0v) is 15.0. The van der Waals surface area contributed by atoms with Crippen molar-refractivity contribution in [2.24, 2.45) is 0 Å². The van der Waals surface area contributed by atoms with Crippen LogP contribution in [0.3, 0.4) is 0 Å². The Hall–Kier alpha value is -3.14. The van der Waals surface area contributed by atoms with Crippen LogP contribution in [-0.2, 0) is 9.59 Å². The summed E-state index contributed by atoms with van der Waals surface area (Å²) in [6, 6.07) is 17.2. The number of nitrogens with zero attached hydrogens (tertiary/aromatic N) is 1. The maximum Gasteiger partial charge on any atom is 0.278 e. The lowest BCUT2D eigenvalue weighted by atomic mass is 10.0. The van der Waals surface area contributed by atoms with Crippen LogP contribution in [0.4, 0.5) is 5.69 Å². The minimum Gasteiger partial charge on any atom is -0.350 e. The molecule has 3 rings (SSSR count). The monoisotopic (exact) mass is 346 g/mol. The van der Waals surface area contributed by atoms with Crippen molar-refractivity contribution in [2.45, 2.75) is 19.8 Å². The number of carbonyl (C=O) groups excluding carboxylic acids is 2. The van der Waals surface area contributed by atoms with Crippen LogP contribution in [0.1, 0.15) is 30.9 Å². The number of benzene rings is 2. The van der Waals surface area contributed by atoms with Gasteiger partial charge in [0.2, 0.25) is 0 Å². The molecular formula is C22H22N2O2. The van der Waals surface area contributed by atoms with Gasteiger partial charge in [0.1, 0.15) is 5.70 Å². The van der Waals surface area contributed by atoms with Gasteiger partial charge in [0.25, 0.3) is 11.8 Å². The first-order chi connectivity index (χ1) is 12.5. The third-order valence-electron chi connectivity index (χ3n) is 4.39. The zero-order valence-electron chi connectivity index (χ0n) is 15.0. The minimum absolute atomic E-state index is 0.186. The molecule has 2 amide bonds. The molecule has 0 bridgehead atoms. The van der Waals surface area contributed by atoms with Crippen LogP contribution in [0, 0.1) is 0 Å². The predicted octanol–water partition coefficient (Wildman–Crippen LogP) is 4.19. The van der Waals surface area contributed by atoms with Crippen LogP contribution in [0.25, 0.3) is 5.57 Å². The topological polar surface area (TPSA) is 49.4 Å². The molecule has 0 saturated carbocycles. The van der Waals surface area contributed by atoms with Crippen LogP contribution in [-0.4, -0.2) is 23.3 Å². The van der Waals surface area contributed by atoms with Gasteiger partial charge in [-0.15, -0.1) is 6.58 Å². The van der Waals surface area contributed by atoms with Crippen molar-refractivity contribution >= 4 is 23.1 Å². The van der Waals surface area contributed by atoms with E-state index in [1.54, 1.807) is 6.08 Å². The van der Waals surface area contributed by atoms with E-state index in [0.29, 0.717) is 17.2 Å². The first-order valence-corrected chi connectivity index (χ1v) is 8.66. The van der Waals surface area contributed by atoms with Crippen LogP contribution in [0.2, 0.25) is 0 Å². The van der Waals surface area contributed by atoms with Crippen molar-refractivity contribution in [3.8, 4) is 0 Å². The highest BCUT2D eigenvalue weighted by Gasteiger charge is 2.38. The number of anilines is 1. The Balaban J connectivity index is 2.01. The lowest BCUT2D eigenvalue weighted by Crippen LogP contribution is -2.32. The second-order valence-electron chi connectivity index (χ2n) is 6.53. The molecule has 0 fully saturated rings. The fraction of sp³-hybridized carbons (Fsp3) is 0.182. The van der Waals surface area contributed by atoms with Gasteiger partial charge < -0.3 is 5.32 Å². The highest BCUT2D eigenvalue weighted by molar-refractivity contribution is 6.36. The summed E-state index contributed by atoms with van der Waals surface area (Å²) in [5, 5.41) is 3.16. The number of nitrogens with one attached hydrogen (secondary N) is 1. The summed E-state index contributed by atoms with van der Waals surface area (Å²) in [6.07, 6.45) is 1.55. The zero-order chi connectivity index (χ0) is 18.7. The smallest absolute Gasteiger partial charge is 0.278 e. The summed E-state index contributed by atoms with van der Waals surface area (Å²) < 4.78 is 0. The molecule has 0 aromatic heterocycles. The second kappa shape index (κ2) is 7.40. The van der Waals surface area contributed by atoms with E-state index in [9.17, 15) is 9.59 Å². The first-order valence-electron chi connectivity index (χ1n) is 8.66. The molecule has 4 nitrogen and oxygen atoms in total. The second-order valence-corrected chi connectivity index (χ2v) is 6.53. The molecular weight excluding hydrogens is 324 g/mol. The molecule has 132 valence electrons. The Labute approximate surface area is 153 Å². The van der Waals surface area contributed by atoms with Gasteiger partial charge in [-0.25, -0.2) is 0 Å². The molecule has 0 aliphatic carbocycles. The maximum absolute atomic E-state index is 12.8. The fourth-order valence-electron chi connectivity index (χ4n) is 2.96. The van der Waals surface area contributed by atoms with Crippen molar-refractivity contribution in [2.75, 3.05) is 11.9 Å². The van der Waals surface area contributed by atoms with Crippen molar-refractivity contribution < 1.29 is 9.59 Å². The molecule has 1 aliphatic heterocycles. The van der Waals surface area contributed by atoms with Gasteiger partial charge in [0.15, 0.2) is 0 Å². The number of amides is 2. The van der Waals surface area contributed by atoms with Gasteiger partial charge in [-0.1, -0.05) is 62.4 Å². The van der Waals surface area contributed by atoms with E-state index in [1.165, 1.54) is 10.5 Å². The highest BCUT2D eigenvalue weighted by atomic mass is 16.2. The molecule has 4 heteroatoms. The standard InChI is InChI=1S/C22H22N2O2/c1-4-14-24-21(25)19(17-8-6-5-7-9-17)20(22(24)26)23-18-12-10-16(11-13-18)15(2)3/h4-13,15,23H,1,14H2,2-3H3.